The van der Waals surface area contributed by atoms with Gasteiger partial charge in [0.1, 0.15) is 0 Å². The van der Waals surface area contributed by atoms with Gasteiger partial charge in [0.2, 0.25) is 0 Å². The van der Waals surface area contributed by atoms with Crippen molar-refractivity contribution in [3.05, 3.63) is 0 Å². The van der Waals surface area contributed by atoms with Crippen LogP contribution in [-0.4, -0.2) is 59.1 Å². The molecule has 0 nitrogen and oxygen atoms in total. The Bertz CT molecular complexity index is 26.5. The quantitative estimate of drug-likeness (QED) is 0.507. The van der Waals surface area contributed by atoms with E-state index in [1.807, 2.05) is 0 Å². The molecule has 1 aliphatic carbocycles. The third-order valence-corrected chi connectivity index (χ3v) is 1.50. The third-order valence-electron chi connectivity index (χ3n) is 1.50. The van der Waals surface area contributed by atoms with Crippen LogP contribution in [0.25, 0.3) is 0 Å². The van der Waals surface area contributed by atoms with Crippen LogP contribution in [0.1, 0.15) is 38.5 Å². The molecule has 3 heteroatoms. The maximum atomic E-state index is 1.50. The SMILES string of the molecule is C1CCCCC1.[Co].[Na].[Na]. The van der Waals surface area contributed by atoms with Crippen LogP contribution in [0.2, 0.25) is 0 Å². The van der Waals surface area contributed by atoms with Gasteiger partial charge in [0, 0.05) is 75.9 Å². The molecule has 0 N–H and O–H groups in total. The fourth-order valence-electron chi connectivity index (χ4n) is 1.06. The van der Waals surface area contributed by atoms with Crippen LogP contribution in [0.3, 0.4) is 0 Å². The molecule has 0 aliphatic heterocycles. The predicted molar refractivity (Wildman–Crippen MR) is 39.2 cm³/mol. The van der Waals surface area contributed by atoms with E-state index in [1.54, 1.807) is 0 Å². The molecule has 47 valence electrons. The molecule has 1 aliphatic rings. The molecule has 0 atom stereocenters. The van der Waals surface area contributed by atoms with Crippen LogP contribution in [0.15, 0.2) is 0 Å². The first-order valence-electron chi connectivity index (χ1n) is 3.00. The van der Waals surface area contributed by atoms with Gasteiger partial charge in [-0.25, -0.2) is 0 Å². The third kappa shape index (κ3) is 10.5. The van der Waals surface area contributed by atoms with Gasteiger partial charge in [0.05, 0.1) is 0 Å². The molecule has 9 heavy (non-hydrogen) atoms. The summed E-state index contributed by atoms with van der Waals surface area (Å²) in [5, 5.41) is 0. The zero-order valence-electron chi connectivity index (χ0n) is 6.58. The minimum absolute atomic E-state index is 0. The first-order valence-corrected chi connectivity index (χ1v) is 3.00. The van der Waals surface area contributed by atoms with E-state index in [1.165, 1.54) is 38.5 Å². The molecule has 0 amide bonds. The average Bonchev–Trinajstić information content (AvgIpc) is 1.72. The van der Waals surface area contributed by atoms with Crippen LogP contribution in [0, 0.1) is 0 Å². The van der Waals surface area contributed by atoms with Crippen LogP contribution in [0.5, 0.6) is 0 Å². The fraction of sp³-hybridized carbons (Fsp3) is 1.00. The fourth-order valence-corrected chi connectivity index (χ4v) is 1.06. The van der Waals surface area contributed by atoms with Gasteiger partial charge in [-0.2, -0.15) is 0 Å². The Morgan fingerprint density at radius 1 is 0.444 bits per heavy atom. The molecule has 0 aromatic heterocycles. The molecule has 0 saturated heterocycles. The number of hydrogen-bond donors (Lipinski definition) is 0. The largest absolute Gasteiger partial charge is 0.0533 e. The first kappa shape index (κ1) is 17.6. The summed E-state index contributed by atoms with van der Waals surface area (Å²) in [5.74, 6) is 0. The Kier molecular flexibility index (Phi) is 25.6. The maximum Gasteiger partial charge on any atom is 0 e. The van der Waals surface area contributed by atoms with E-state index in [2.05, 4.69) is 0 Å². The van der Waals surface area contributed by atoms with Crippen LogP contribution in [-0.2, 0) is 16.8 Å². The van der Waals surface area contributed by atoms with Gasteiger partial charge in [-0.15, -0.1) is 0 Å². The molecule has 3 radical (unpaired) electrons. The van der Waals surface area contributed by atoms with Crippen molar-refractivity contribution in [1.82, 2.24) is 0 Å². The van der Waals surface area contributed by atoms with Crippen LogP contribution < -0.4 is 0 Å². The summed E-state index contributed by atoms with van der Waals surface area (Å²) in [7, 11) is 0. The Balaban J connectivity index is -0.000000120. The van der Waals surface area contributed by atoms with Crippen molar-refractivity contribution in [1.29, 1.82) is 0 Å². The molecule has 0 aromatic rings. The second kappa shape index (κ2) is 13.1. The van der Waals surface area contributed by atoms with Crippen molar-refractivity contribution in [2.45, 2.75) is 38.5 Å². The van der Waals surface area contributed by atoms with Gasteiger partial charge >= 0.3 is 0 Å². The standard InChI is InChI=1S/C6H12.Co.2Na/c1-2-4-6-5-3-1;;;/h1-6H2;;;. The van der Waals surface area contributed by atoms with Crippen LogP contribution in [0.4, 0.5) is 0 Å². The van der Waals surface area contributed by atoms with Gasteiger partial charge in [0.25, 0.3) is 0 Å². The van der Waals surface area contributed by atoms with Gasteiger partial charge in [-0.1, -0.05) is 38.5 Å². The molecular formula is C6H12CoNa2. The summed E-state index contributed by atoms with van der Waals surface area (Å²) in [6.45, 7) is 0. The molecule has 0 bridgehead atoms. The molecule has 0 unspecified atom stereocenters. The Morgan fingerprint density at radius 3 is 0.667 bits per heavy atom. The van der Waals surface area contributed by atoms with Crippen molar-refractivity contribution in [3.8, 4) is 0 Å². The van der Waals surface area contributed by atoms with E-state index in [9.17, 15) is 0 Å². The van der Waals surface area contributed by atoms with Gasteiger partial charge in [-0.3, -0.25) is 0 Å². The normalized spacial score (nSPS) is 16.0. The van der Waals surface area contributed by atoms with Crippen LogP contribution >= 0.6 is 0 Å². The van der Waals surface area contributed by atoms with E-state index in [0.717, 1.165) is 0 Å². The number of hydrogen-bond acceptors (Lipinski definition) is 0. The van der Waals surface area contributed by atoms with E-state index in [4.69, 9.17) is 0 Å². The summed E-state index contributed by atoms with van der Waals surface area (Å²) in [4.78, 5) is 0. The van der Waals surface area contributed by atoms with Crippen molar-refractivity contribution in [2.75, 3.05) is 0 Å². The second-order valence-electron chi connectivity index (χ2n) is 2.12. The summed E-state index contributed by atoms with van der Waals surface area (Å²) in [6.07, 6.45) is 9.00. The van der Waals surface area contributed by atoms with Crippen molar-refractivity contribution < 1.29 is 16.8 Å². The van der Waals surface area contributed by atoms with Crippen molar-refractivity contribution >= 4 is 59.1 Å². The first-order chi connectivity index (χ1) is 3.00. The van der Waals surface area contributed by atoms with E-state index >= 15 is 0 Å². The van der Waals surface area contributed by atoms with Crippen molar-refractivity contribution in [2.24, 2.45) is 0 Å². The monoisotopic (exact) mass is 189 g/mol. The van der Waals surface area contributed by atoms with Gasteiger partial charge < -0.3 is 0 Å². The zero-order valence-corrected chi connectivity index (χ0v) is 11.6. The Labute approximate surface area is 113 Å². The average molecular weight is 189 g/mol. The number of rotatable bonds is 0. The summed E-state index contributed by atoms with van der Waals surface area (Å²) in [5.41, 5.74) is 0. The second-order valence-corrected chi connectivity index (χ2v) is 2.12. The maximum absolute atomic E-state index is 1.50. The summed E-state index contributed by atoms with van der Waals surface area (Å²) >= 11 is 0. The molecule has 1 saturated carbocycles. The molecule has 1 fully saturated rings. The Hall–Kier alpha value is 2.51. The van der Waals surface area contributed by atoms with Gasteiger partial charge in [-0.05, 0) is 0 Å². The minimum Gasteiger partial charge on any atom is -0.0533 e. The van der Waals surface area contributed by atoms with E-state index < -0.39 is 0 Å². The Morgan fingerprint density at radius 2 is 0.556 bits per heavy atom. The summed E-state index contributed by atoms with van der Waals surface area (Å²) < 4.78 is 0. The molecule has 0 aromatic carbocycles. The smallest absolute Gasteiger partial charge is 0 e. The van der Waals surface area contributed by atoms with Crippen molar-refractivity contribution in [3.63, 3.8) is 0 Å². The molecule has 1 rings (SSSR count). The molecule has 0 spiro atoms. The molecule has 0 heterocycles. The van der Waals surface area contributed by atoms with E-state index in [-0.39, 0.29) is 75.9 Å². The van der Waals surface area contributed by atoms with E-state index in [0.29, 0.717) is 0 Å². The summed E-state index contributed by atoms with van der Waals surface area (Å²) in [6, 6.07) is 0. The predicted octanol–water partition coefficient (Wildman–Crippen LogP) is 1.58. The zero-order chi connectivity index (χ0) is 4.24. The van der Waals surface area contributed by atoms with Gasteiger partial charge in [0.15, 0.2) is 0 Å². The minimum atomic E-state index is 0. The molecular weight excluding hydrogens is 177 g/mol. The topological polar surface area (TPSA) is 0 Å².